The molecule has 140 valence electrons. The second-order valence-corrected chi connectivity index (χ2v) is 7.44. The molecule has 1 fully saturated rings. The van der Waals surface area contributed by atoms with Crippen LogP contribution in [0.4, 0.5) is 5.69 Å². The number of benzene rings is 1. The van der Waals surface area contributed by atoms with E-state index in [0.717, 1.165) is 36.1 Å². The Morgan fingerprint density at radius 1 is 1.15 bits per heavy atom. The van der Waals surface area contributed by atoms with E-state index in [1.807, 2.05) is 12.1 Å². The van der Waals surface area contributed by atoms with Crippen LogP contribution in [-0.4, -0.2) is 41.1 Å². The molecule has 1 aliphatic heterocycles. The molecule has 1 aromatic heterocycles. The summed E-state index contributed by atoms with van der Waals surface area (Å²) in [5, 5.41) is 4.13. The van der Waals surface area contributed by atoms with Crippen LogP contribution in [-0.2, 0) is 6.54 Å². The lowest BCUT2D eigenvalue weighted by Gasteiger charge is -2.29. The number of thiocarbonyl (C=S) groups is 1. The molecule has 1 aliphatic rings. The van der Waals surface area contributed by atoms with Crippen LogP contribution in [0, 0.1) is 6.92 Å². The molecule has 0 bridgehead atoms. The maximum Gasteiger partial charge on any atom is 0.173 e. The molecule has 0 spiro atoms. The van der Waals surface area contributed by atoms with Gasteiger partial charge in [0.2, 0.25) is 0 Å². The second-order valence-electron chi connectivity index (χ2n) is 7.05. The summed E-state index contributed by atoms with van der Waals surface area (Å²) in [6.07, 6.45) is 6.88. The molecule has 0 aliphatic carbocycles. The van der Waals surface area contributed by atoms with Crippen molar-refractivity contribution < 1.29 is 4.42 Å². The Morgan fingerprint density at radius 3 is 2.62 bits per heavy atom. The van der Waals surface area contributed by atoms with E-state index in [2.05, 4.69) is 46.3 Å². The van der Waals surface area contributed by atoms with Gasteiger partial charge in [-0.1, -0.05) is 24.1 Å². The first kappa shape index (κ1) is 18.9. The molecule has 2 aromatic rings. The first-order chi connectivity index (χ1) is 12.7. The number of anilines is 1. The number of hydrogen-bond donors (Lipinski definition) is 1. The van der Waals surface area contributed by atoms with Gasteiger partial charge in [0.25, 0.3) is 0 Å². The Labute approximate surface area is 162 Å². The number of hydrogen-bond acceptors (Lipinski definition) is 3. The van der Waals surface area contributed by atoms with Crippen LogP contribution in [0.1, 0.15) is 37.0 Å². The van der Waals surface area contributed by atoms with Gasteiger partial charge in [-0.3, -0.25) is 0 Å². The van der Waals surface area contributed by atoms with Crippen LogP contribution in [0.5, 0.6) is 0 Å². The lowest BCUT2D eigenvalue weighted by Crippen LogP contribution is -2.37. The summed E-state index contributed by atoms with van der Waals surface area (Å²) >= 11 is 5.69. The van der Waals surface area contributed by atoms with Crippen molar-refractivity contribution in [3.8, 4) is 0 Å². The van der Waals surface area contributed by atoms with Gasteiger partial charge in [0.1, 0.15) is 5.76 Å². The fraction of sp³-hybridized carbons (Fsp3) is 0.476. The van der Waals surface area contributed by atoms with Gasteiger partial charge >= 0.3 is 0 Å². The van der Waals surface area contributed by atoms with E-state index in [1.165, 1.54) is 37.9 Å². The normalized spacial score (nSPS) is 15.0. The van der Waals surface area contributed by atoms with Crippen LogP contribution in [0.15, 0.2) is 47.1 Å². The SMILES string of the molecule is Cc1ccc(NC(=S)N(CCCN2CCCCC2)Cc2ccco2)cc1. The van der Waals surface area contributed by atoms with Crippen molar-refractivity contribution in [2.45, 2.75) is 39.2 Å². The van der Waals surface area contributed by atoms with Gasteiger partial charge < -0.3 is 19.5 Å². The molecule has 4 nitrogen and oxygen atoms in total. The Balaban J connectivity index is 1.56. The topological polar surface area (TPSA) is 31.6 Å². The van der Waals surface area contributed by atoms with Gasteiger partial charge in [0.05, 0.1) is 12.8 Å². The molecule has 1 saturated heterocycles. The molecule has 1 N–H and O–H groups in total. The zero-order valence-corrected chi connectivity index (χ0v) is 16.4. The van der Waals surface area contributed by atoms with E-state index >= 15 is 0 Å². The quantitative estimate of drug-likeness (QED) is 0.715. The van der Waals surface area contributed by atoms with Crippen molar-refractivity contribution in [3.63, 3.8) is 0 Å². The van der Waals surface area contributed by atoms with Crippen LogP contribution in [0.2, 0.25) is 0 Å². The van der Waals surface area contributed by atoms with Crippen LogP contribution in [0.3, 0.4) is 0 Å². The maximum atomic E-state index is 5.69. The monoisotopic (exact) mass is 371 g/mol. The third-order valence-corrected chi connectivity index (χ3v) is 5.23. The van der Waals surface area contributed by atoms with Gasteiger partial charge in [0, 0.05) is 12.2 Å². The molecule has 1 aromatic carbocycles. The zero-order valence-electron chi connectivity index (χ0n) is 15.6. The molecule has 0 radical (unpaired) electrons. The van der Waals surface area contributed by atoms with E-state index in [-0.39, 0.29) is 0 Å². The van der Waals surface area contributed by atoms with Crippen LogP contribution in [0.25, 0.3) is 0 Å². The summed E-state index contributed by atoms with van der Waals surface area (Å²) in [4.78, 5) is 4.78. The molecular weight excluding hydrogens is 342 g/mol. The number of piperidine rings is 1. The van der Waals surface area contributed by atoms with Crippen molar-refractivity contribution >= 4 is 23.0 Å². The van der Waals surface area contributed by atoms with Crippen molar-refractivity contribution in [2.24, 2.45) is 0 Å². The minimum atomic E-state index is 0.699. The van der Waals surface area contributed by atoms with Gasteiger partial charge in [-0.15, -0.1) is 0 Å². The highest BCUT2D eigenvalue weighted by Crippen LogP contribution is 2.14. The summed E-state index contributed by atoms with van der Waals surface area (Å²) in [5.74, 6) is 0.941. The minimum Gasteiger partial charge on any atom is -0.467 e. The molecule has 5 heteroatoms. The van der Waals surface area contributed by atoms with Crippen LogP contribution < -0.4 is 5.32 Å². The third kappa shape index (κ3) is 5.85. The van der Waals surface area contributed by atoms with Gasteiger partial charge in [-0.25, -0.2) is 0 Å². The first-order valence-electron chi connectivity index (χ1n) is 9.58. The van der Waals surface area contributed by atoms with E-state index in [9.17, 15) is 0 Å². The van der Waals surface area contributed by atoms with Crippen molar-refractivity contribution in [3.05, 3.63) is 54.0 Å². The lowest BCUT2D eigenvalue weighted by atomic mass is 10.1. The Hall–Kier alpha value is -1.85. The minimum absolute atomic E-state index is 0.699. The fourth-order valence-electron chi connectivity index (χ4n) is 3.35. The van der Waals surface area contributed by atoms with E-state index in [1.54, 1.807) is 6.26 Å². The van der Waals surface area contributed by atoms with Gasteiger partial charge in [-0.05, 0) is 82.3 Å². The smallest absolute Gasteiger partial charge is 0.173 e. The van der Waals surface area contributed by atoms with E-state index in [4.69, 9.17) is 16.6 Å². The number of rotatable bonds is 7. The summed E-state index contributed by atoms with van der Waals surface area (Å²) in [7, 11) is 0. The summed E-state index contributed by atoms with van der Waals surface area (Å²) in [6, 6.07) is 12.3. The fourth-order valence-corrected chi connectivity index (χ4v) is 3.62. The Morgan fingerprint density at radius 2 is 1.92 bits per heavy atom. The molecular formula is C21H29N3OS. The number of nitrogens with zero attached hydrogens (tertiary/aromatic N) is 2. The average Bonchev–Trinajstić information content (AvgIpc) is 3.17. The predicted molar refractivity (Wildman–Crippen MR) is 111 cm³/mol. The number of aryl methyl sites for hydroxylation is 1. The van der Waals surface area contributed by atoms with Crippen molar-refractivity contribution in [1.82, 2.24) is 9.80 Å². The Kier molecular flexibility index (Phi) is 7.09. The molecule has 2 heterocycles. The third-order valence-electron chi connectivity index (χ3n) is 4.87. The number of nitrogens with one attached hydrogen (secondary N) is 1. The molecule has 3 rings (SSSR count). The largest absolute Gasteiger partial charge is 0.467 e. The van der Waals surface area contributed by atoms with Crippen molar-refractivity contribution in [1.29, 1.82) is 0 Å². The first-order valence-corrected chi connectivity index (χ1v) is 9.99. The van der Waals surface area contributed by atoms with E-state index < -0.39 is 0 Å². The van der Waals surface area contributed by atoms with Crippen LogP contribution >= 0.6 is 12.2 Å². The Bertz CT molecular complexity index is 663. The summed E-state index contributed by atoms with van der Waals surface area (Å²) in [6.45, 7) is 7.34. The number of likely N-dealkylation sites (tertiary alicyclic amines) is 1. The highest BCUT2D eigenvalue weighted by atomic mass is 32.1. The van der Waals surface area contributed by atoms with Gasteiger partial charge in [-0.2, -0.15) is 0 Å². The standard InChI is InChI=1S/C21H29N3OS/c1-18-8-10-19(11-9-18)22-21(26)24(17-20-7-5-16-25-20)15-6-14-23-12-3-2-4-13-23/h5,7-11,16H,2-4,6,12-15,17H2,1H3,(H,22,26). The predicted octanol–water partition coefficient (Wildman–Crippen LogP) is 4.66. The zero-order chi connectivity index (χ0) is 18.2. The maximum absolute atomic E-state index is 5.69. The molecule has 0 saturated carbocycles. The molecule has 0 unspecified atom stereocenters. The van der Waals surface area contributed by atoms with E-state index in [0.29, 0.717) is 6.54 Å². The second kappa shape index (κ2) is 9.74. The van der Waals surface area contributed by atoms with Crippen molar-refractivity contribution in [2.75, 3.05) is 31.5 Å². The van der Waals surface area contributed by atoms with Gasteiger partial charge in [0.15, 0.2) is 5.11 Å². The molecule has 0 atom stereocenters. The lowest BCUT2D eigenvalue weighted by molar-refractivity contribution is 0.217. The summed E-state index contributed by atoms with van der Waals surface area (Å²) in [5.41, 5.74) is 2.27. The highest BCUT2D eigenvalue weighted by Gasteiger charge is 2.14. The average molecular weight is 372 g/mol. The number of furan rings is 1. The molecule has 0 amide bonds. The highest BCUT2D eigenvalue weighted by molar-refractivity contribution is 7.80. The summed E-state index contributed by atoms with van der Waals surface area (Å²) < 4.78 is 5.54. The molecule has 26 heavy (non-hydrogen) atoms.